The molecule has 9 heteroatoms. The molecule has 2 heterocycles. The second kappa shape index (κ2) is 7.68. The Hall–Kier alpha value is -2.00. The van der Waals surface area contributed by atoms with Gasteiger partial charge >= 0.3 is 0 Å². The smallest absolute Gasteiger partial charge is 0.258 e. The number of carbonyl (C=O) groups is 1. The molecule has 29 heavy (non-hydrogen) atoms. The summed E-state index contributed by atoms with van der Waals surface area (Å²) in [5.41, 5.74) is -1.16. The molecule has 2 aromatic carbocycles. The van der Waals surface area contributed by atoms with Crippen LogP contribution in [0.5, 0.6) is 0 Å². The number of benzene rings is 2. The zero-order valence-electron chi connectivity index (χ0n) is 15.6. The number of piperidine rings is 1. The van der Waals surface area contributed by atoms with Crippen molar-refractivity contribution in [1.82, 2.24) is 9.21 Å². The number of halogens is 2. The highest BCUT2D eigenvalue weighted by molar-refractivity contribution is 7.89. The molecule has 2 fully saturated rings. The molecule has 4 rings (SSSR count). The molecular formula is C20H20ClFN2O4S. The first-order valence-corrected chi connectivity index (χ1v) is 11.1. The number of likely N-dealkylation sites (tertiary alicyclic amines) is 1. The van der Waals surface area contributed by atoms with Gasteiger partial charge in [0.1, 0.15) is 11.5 Å². The lowest BCUT2D eigenvalue weighted by Crippen LogP contribution is -2.55. The fourth-order valence-corrected chi connectivity index (χ4v) is 5.95. The quantitative estimate of drug-likeness (QED) is 0.738. The first-order valence-electron chi connectivity index (χ1n) is 9.30. The third-order valence-corrected chi connectivity index (χ3v) is 7.74. The summed E-state index contributed by atoms with van der Waals surface area (Å²) in [6, 6.07) is 12.3. The molecule has 0 aliphatic carbocycles. The third kappa shape index (κ3) is 3.54. The van der Waals surface area contributed by atoms with Crippen molar-refractivity contribution in [2.24, 2.45) is 0 Å². The molecule has 6 nitrogen and oxygen atoms in total. The van der Waals surface area contributed by atoms with Gasteiger partial charge in [-0.15, -0.1) is 0 Å². The molecule has 0 radical (unpaired) electrons. The maximum atomic E-state index is 14.1. The van der Waals surface area contributed by atoms with Crippen molar-refractivity contribution in [3.8, 4) is 0 Å². The van der Waals surface area contributed by atoms with Crippen molar-refractivity contribution in [3.63, 3.8) is 0 Å². The molecule has 2 aromatic rings. The number of hydrogen-bond acceptors (Lipinski definition) is 4. The molecule has 0 saturated carbocycles. The summed E-state index contributed by atoms with van der Waals surface area (Å²) in [5.74, 6) is -1.17. The van der Waals surface area contributed by atoms with Gasteiger partial charge in [0.2, 0.25) is 10.0 Å². The highest BCUT2D eigenvalue weighted by Gasteiger charge is 2.51. The number of hydrogen-bond donors (Lipinski definition) is 0. The van der Waals surface area contributed by atoms with Gasteiger partial charge in [0, 0.05) is 32.5 Å². The number of ether oxygens (including phenoxy) is 1. The monoisotopic (exact) mass is 438 g/mol. The third-order valence-electron chi connectivity index (χ3n) is 5.46. The van der Waals surface area contributed by atoms with E-state index < -0.39 is 27.5 Å². The highest BCUT2D eigenvalue weighted by atomic mass is 35.5. The zero-order valence-corrected chi connectivity index (χ0v) is 17.1. The molecule has 2 saturated heterocycles. The van der Waals surface area contributed by atoms with Crippen LogP contribution in [0.1, 0.15) is 23.2 Å². The number of amides is 1. The number of carbonyl (C=O) groups excluding carboxylic acids is 1. The predicted molar refractivity (Wildman–Crippen MR) is 106 cm³/mol. The van der Waals surface area contributed by atoms with Crippen molar-refractivity contribution in [1.29, 1.82) is 0 Å². The van der Waals surface area contributed by atoms with E-state index in [4.69, 9.17) is 16.3 Å². The van der Waals surface area contributed by atoms with Crippen LogP contribution >= 0.6 is 11.6 Å². The molecule has 0 atom stereocenters. The van der Waals surface area contributed by atoms with Gasteiger partial charge in [-0.3, -0.25) is 4.79 Å². The van der Waals surface area contributed by atoms with Crippen molar-refractivity contribution in [3.05, 3.63) is 64.9 Å². The molecule has 2 aliphatic rings. The highest BCUT2D eigenvalue weighted by Crippen LogP contribution is 2.38. The minimum absolute atomic E-state index is 0.0562. The van der Waals surface area contributed by atoms with E-state index in [9.17, 15) is 17.6 Å². The maximum absolute atomic E-state index is 14.1. The van der Waals surface area contributed by atoms with Gasteiger partial charge in [0.25, 0.3) is 5.91 Å². The molecule has 0 bridgehead atoms. The SMILES string of the molecule is O=C(c1c(F)cccc1Cl)N1CCC2(CC1)OCCN2S(=O)(=O)c1ccccc1. The molecule has 0 N–H and O–H groups in total. The summed E-state index contributed by atoms with van der Waals surface area (Å²) in [5, 5.41) is 0.0562. The summed E-state index contributed by atoms with van der Waals surface area (Å²) >= 11 is 6.02. The van der Waals surface area contributed by atoms with Gasteiger partial charge in [-0.2, -0.15) is 4.31 Å². The minimum atomic E-state index is -3.73. The largest absolute Gasteiger partial charge is 0.358 e. The lowest BCUT2D eigenvalue weighted by atomic mass is 10.00. The Morgan fingerprint density at radius 2 is 1.72 bits per heavy atom. The average molecular weight is 439 g/mol. The van der Waals surface area contributed by atoms with Crippen LogP contribution in [0.4, 0.5) is 4.39 Å². The Balaban J connectivity index is 1.54. The second-order valence-corrected chi connectivity index (χ2v) is 9.34. The number of sulfonamides is 1. The van der Waals surface area contributed by atoms with E-state index in [1.165, 1.54) is 27.4 Å². The van der Waals surface area contributed by atoms with Crippen LogP contribution in [0.15, 0.2) is 53.4 Å². The van der Waals surface area contributed by atoms with Gasteiger partial charge < -0.3 is 9.64 Å². The van der Waals surface area contributed by atoms with Crippen LogP contribution in [0.3, 0.4) is 0 Å². The lowest BCUT2D eigenvalue weighted by Gasteiger charge is -2.42. The van der Waals surface area contributed by atoms with Crippen molar-refractivity contribution < 1.29 is 22.3 Å². The predicted octanol–water partition coefficient (Wildman–Crippen LogP) is 3.13. The molecule has 0 unspecified atom stereocenters. The zero-order chi connectivity index (χ0) is 20.6. The van der Waals surface area contributed by atoms with Crippen LogP contribution in [0.2, 0.25) is 5.02 Å². The summed E-state index contributed by atoms with van der Waals surface area (Å²) in [4.78, 5) is 14.5. The Labute approximate surface area is 173 Å². The first-order chi connectivity index (χ1) is 13.8. The molecule has 1 spiro atoms. The van der Waals surface area contributed by atoms with Crippen LogP contribution in [-0.2, 0) is 14.8 Å². The molecule has 1 amide bonds. The molecule has 2 aliphatic heterocycles. The molecule has 154 valence electrons. The summed E-state index contributed by atoms with van der Waals surface area (Å²) in [6.45, 7) is 1.03. The van der Waals surface area contributed by atoms with Crippen LogP contribution in [0.25, 0.3) is 0 Å². The maximum Gasteiger partial charge on any atom is 0.258 e. The fraction of sp³-hybridized carbons (Fsp3) is 0.350. The Morgan fingerprint density at radius 3 is 2.38 bits per heavy atom. The van der Waals surface area contributed by atoms with E-state index in [1.807, 2.05) is 0 Å². The van der Waals surface area contributed by atoms with E-state index in [-0.39, 0.29) is 35.1 Å². The lowest BCUT2D eigenvalue weighted by molar-refractivity contribution is -0.0857. The van der Waals surface area contributed by atoms with E-state index >= 15 is 0 Å². The summed E-state index contributed by atoms with van der Waals surface area (Å²) in [6.07, 6.45) is 0.605. The number of nitrogens with zero attached hydrogens (tertiary/aromatic N) is 2. The average Bonchev–Trinajstić information content (AvgIpc) is 3.13. The van der Waals surface area contributed by atoms with Crippen molar-refractivity contribution in [2.75, 3.05) is 26.2 Å². The molecular weight excluding hydrogens is 419 g/mol. The van der Waals surface area contributed by atoms with E-state index in [0.29, 0.717) is 19.4 Å². The minimum Gasteiger partial charge on any atom is -0.358 e. The summed E-state index contributed by atoms with van der Waals surface area (Å²) in [7, 11) is -3.73. The van der Waals surface area contributed by atoms with Gasteiger partial charge in [0.05, 0.1) is 22.1 Å². The summed E-state index contributed by atoms with van der Waals surface area (Å²) < 4.78 is 47.7. The Morgan fingerprint density at radius 1 is 1.03 bits per heavy atom. The number of rotatable bonds is 3. The van der Waals surface area contributed by atoms with Crippen molar-refractivity contribution >= 4 is 27.5 Å². The van der Waals surface area contributed by atoms with Gasteiger partial charge in [-0.25, -0.2) is 12.8 Å². The first kappa shape index (κ1) is 20.3. The second-order valence-electron chi connectivity index (χ2n) is 7.07. The van der Waals surface area contributed by atoms with Crippen molar-refractivity contribution in [2.45, 2.75) is 23.5 Å². The van der Waals surface area contributed by atoms with E-state index in [0.717, 1.165) is 0 Å². The van der Waals surface area contributed by atoms with Gasteiger partial charge in [0.15, 0.2) is 0 Å². The van der Waals surface area contributed by atoms with Crippen LogP contribution in [-0.4, -0.2) is 55.5 Å². The van der Waals surface area contributed by atoms with E-state index in [2.05, 4.69) is 0 Å². The normalized spacial score (nSPS) is 19.6. The van der Waals surface area contributed by atoms with E-state index in [1.54, 1.807) is 30.3 Å². The standard InChI is InChI=1S/C20H20ClFN2O4S/c21-16-7-4-8-17(22)18(16)19(25)23-11-9-20(10-12-23)24(13-14-28-20)29(26,27)15-5-2-1-3-6-15/h1-8H,9-14H2. The topological polar surface area (TPSA) is 66.9 Å². The molecule has 0 aromatic heterocycles. The Bertz CT molecular complexity index is 1000. The fourth-order valence-electron chi connectivity index (χ4n) is 3.97. The Kier molecular flexibility index (Phi) is 5.37. The van der Waals surface area contributed by atoms with Crippen LogP contribution in [0, 0.1) is 5.82 Å². The van der Waals surface area contributed by atoms with Gasteiger partial charge in [-0.05, 0) is 24.3 Å². The van der Waals surface area contributed by atoms with Gasteiger partial charge in [-0.1, -0.05) is 35.9 Å². The van der Waals surface area contributed by atoms with Crippen LogP contribution < -0.4 is 0 Å².